The Balaban J connectivity index is 1.24. The van der Waals surface area contributed by atoms with Crippen LogP contribution in [0.1, 0.15) is 73.7 Å². The molecular formula is C24H30F2N2O4S. The molecular weight excluding hydrogens is 450 g/mol. The first-order valence-corrected chi connectivity index (χ1v) is 13.5. The average Bonchev–Trinajstić information content (AvgIpc) is 3.51. The van der Waals surface area contributed by atoms with Crippen molar-refractivity contribution < 1.29 is 26.7 Å². The molecule has 6 aliphatic rings. The lowest BCUT2D eigenvalue weighted by Gasteiger charge is -2.58. The Labute approximate surface area is 193 Å². The largest absolute Gasteiger partial charge is 0.489 e. The topological polar surface area (TPSA) is 75.7 Å². The van der Waals surface area contributed by atoms with Crippen LogP contribution in [-0.2, 0) is 10.2 Å². The number of rotatable bonds is 6. The summed E-state index contributed by atoms with van der Waals surface area (Å²) >= 11 is 0. The van der Waals surface area contributed by atoms with Gasteiger partial charge < -0.3 is 4.74 Å². The molecule has 1 heterocycles. The third-order valence-corrected chi connectivity index (χ3v) is 9.90. The number of nitrogens with one attached hydrogen (secondary N) is 1. The molecule has 1 aromatic rings. The number of ether oxygens (including phenoxy) is 1. The second kappa shape index (κ2) is 7.38. The number of hydrogen-bond acceptors (Lipinski definition) is 4. The number of carbonyl (C=O) groups excluding carboxylic acids is 1. The molecule has 0 aromatic heterocycles. The van der Waals surface area contributed by atoms with Crippen LogP contribution in [0.4, 0.5) is 8.78 Å². The van der Waals surface area contributed by atoms with Gasteiger partial charge in [-0.3, -0.25) is 4.79 Å². The summed E-state index contributed by atoms with van der Waals surface area (Å²) in [5.74, 6) is 0.608. The summed E-state index contributed by atoms with van der Waals surface area (Å²) in [7, 11) is -4.19. The maximum absolute atomic E-state index is 15.1. The van der Waals surface area contributed by atoms with Gasteiger partial charge in [0.15, 0.2) is 0 Å². The molecule has 1 aromatic carbocycles. The van der Waals surface area contributed by atoms with E-state index in [1.54, 1.807) is 0 Å². The molecule has 5 aliphatic carbocycles. The van der Waals surface area contributed by atoms with Gasteiger partial charge in [-0.1, -0.05) is 6.92 Å². The third kappa shape index (κ3) is 3.85. The zero-order valence-corrected chi connectivity index (χ0v) is 19.5. The molecule has 0 radical (unpaired) electrons. The number of nitrogens with zero attached hydrogens (tertiary/aromatic N) is 1. The highest BCUT2D eigenvalue weighted by atomic mass is 32.2. The molecule has 0 spiro atoms. The van der Waals surface area contributed by atoms with Crippen LogP contribution < -0.4 is 9.46 Å². The van der Waals surface area contributed by atoms with E-state index in [0.717, 1.165) is 41.5 Å². The molecule has 1 amide bonds. The van der Waals surface area contributed by atoms with Crippen molar-refractivity contribution in [2.75, 3.05) is 13.1 Å². The Morgan fingerprint density at radius 2 is 1.82 bits per heavy atom. The molecule has 4 bridgehead atoms. The van der Waals surface area contributed by atoms with Gasteiger partial charge in [0.05, 0.1) is 5.56 Å². The van der Waals surface area contributed by atoms with E-state index < -0.39 is 28.1 Å². The molecule has 6 fully saturated rings. The predicted octanol–water partition coefficient (Wildman–Crippen LogP) is 3.93. The standard InChI is InChI=1S/C24H30F2N2O4S/c1-24-8-13-4-15(9-24)22(16(5-13)10-24)32-21-7-20(26)19(6-18(21)14-2-3-14)23(29)27-33(30,31)28-11-17(25)12-28/h6-7,13-17,22H,2-5,8-12H2,1H3,(H,27,29)/t13?,15?,16?,22-,24+. The van der Waals surface area contributed by atoms with E-state index in [1.807, 2.05) is 4.72 Å². The van der Waals surface area contributed by atoms with Gasteiger partial charge in [-0.05, 0) is 85.7 Å². The highest BCUT2D eigenvalue weighted by Crippen LogP contribution is 2.60. The number of benzene rings is 1. The van der Waals surface area contributed by atoms with E-state index in [-0.39, 0.29) is 30.7 Å². The van der Waals surface area contributed by atoms with Gasteiger partial charge in [0.1, 0.15) is 23.8 Å². The highest BCUT2D eigenvalue weighted by molar-refractivity contribution is 7.87. The first kappa shape index (κ1) is 21.8. The normalized spacial score (nSPS) is 36.0. The Bertz CT molecular complexity index is 1080. The quantitative estimate of drug-likeness (QED) is 0.670. The third-order valence-electron chi connectivity index (χ3n) is 8.48. The van der Waals surface area contributed by atoms with Crippen LogP contribution in [0.15, 0.2) is 12.1 Å². The smallest absolute Gasteiger partial charge is 0.304 e. The van der Waals surface area contributed by atoms with Crippen LogP contribution in [0, 0.1) is 29.0 Å². The summed E-state index contributed by atoms with van der Waals surface area (Å²) < 4.78 is 61.9. The minimum atomic E-state index is -4.19. The molecule has 1 N–H and O–H groups in total. The van der Waals surface area contributed by atoms with Crippen molar-refractivity contribution in [1.29, 1.82) is 0 Å². The summed E-state index contributed by atoms with van der Waals surface area (Å²) in [6.07, 6.45) is 6.67. The predicted molar refractivity (Wildman–Crippen MR) is 117 cm³/mol. The number of carbonyl (C=O) groups is 1. The van der Waals surface area contributed by atoms with Crippen molar-refractivity contribution in [3.63, 3.8) is 0 Å². The SMILES string of the molecule is C[C@]12CC3CC(C1)[C@@H](Oc1cc(F)c(C(=O)NS(=O)(=O)N4CC(F)C4)cc1C1CC1)C(C3)C2. The van der Waals surface area contributed by atoms with Crippen molar-refractivity contribution in [2.45, 2.75) is 70.1 Å². The minimum Gasteiger partial charge on any atom is -0.489 e. The van der Waals surface area contributed by atoms with E-state index in [0.29, 0.717) is 23.0 Å². The van der Waals surface area contributed by atoms with Crippen LogP contribution >= 0.6 is 0 Å². The van der Waals surface area contributed by atoms with Gasteiger partial charge in [0.2, 0.25) is 0 Å². The molecule has 1 saturated heterocycles. The first-order valence-electron chi connectivity index (χ1n) is 12.1. The average molecular weight is 481 g/mol. The van der Waals surface area contributed by atoms with Gasteiger partial charge in [-0.25, -0.2) is 13.5 Å². The van der Waals surface area contributed by atoms with Crippen molar-refractivity contribution >= 4 is 16.1 Å². The van der Waals surface area contributed by atoms with E-state index in [2.05, 4.69) is 6.92 Å². The lowest BCUT2D eigenvalue weighted by molar-refractivity contribution is -0.117. The van der Waals surface area contributed by atoms with Crippen molar-refractivity contribution in [2.24, 2.45) is 23.2 Å². The molecule has 180 valence electrons. The molecule has 9 heteroatoms. The van der Waals surface area contributed by atoms with Crippen LogP contribution in [0.2, 0.25) is 0 Å². The fourth-order valence-electron chi connectivity index (χ4n) is 7.11. The molecule has 2 atom stereocenters. The Hall–Kier alpha value is -1.74. The monoisotopic (exact) mass is 480 g/mol. The van der Waals surface area contributed by atoms with Crippen molar-refractivity contribution in [1.82, 2.24) is 9.03 Å². The minimum absolute atomic E-state index is 0.0756. The lowest BCUT2D eigenvalue weighted by atomic mass is 9.49. The van der Waals surface area contributed by atoms with Crippen molar-refractivity contribution in [3.05, 3.63) is 29.1 Å². The van der Waals surface area contributed by atoms with Gasteiger partial charge in [0.25, 0.3) is 5.91 Å². The van der Waals surface area contributed by atoms with Gasteiger partial charge in [-0.2, -0.15) is 12.7 Å². The zero-order valence-electron chi connectivity index (χ0n) is 18.7. The van der Waals surface area contributed by atoms with E-state index in [1.165, 1.54) is 31.4 Å². The summed E-state index contributed by atoms with van der Waals surface area (Å²) in [5, 5.41) is 0. The van der Waals surface area contributed by atoms with E-state index in [9.17, 15) is 17.6 Å². The lowest BCUT2D eigenvalue weighted by Crippen LogP contribution is -2.56. The maximum atomic E-state index is 15.1. The van der Waals surface area contributed by atoms with Crippen molar-refractivity contribution in [3.8, 4) is 5.75 Å². The second-order valence-corrected chi connectivity index (χ2v) is 13.0. The van der Waals surface area contributed by atoms with E-state index >= 15 is 4.39 Å². The van der Waals surface area contributed by atoms with Gasteiger partial charge in [0, 0.05) is 19.2 Å². The first-order chi connectivity index (χ1) is 15.6. The van der Waals surface area contributed by atoms with Crippen LogP contribution in [-0.4, -0.2) is 44.0 Å². The second-order valence-electron chi connectivity index (χ2n) is 11.4. The molecule has 6 nitrogen and oxygen atoms in total. The number of amides is 1. The number of halogens is 2. The fraction of sp³-hybridized carbons (Fsp3) is 0.708. The molecule has 2 unspecified atom stereocenters. The number of alkyl halides is 1. The maximum Gasteiger partial charge on any atom is 0.304 e. The highest BCUT2D eigenvalue weighted by Gasteiger charge is 2.54. The van der Waals surface area contributed by atoms with E-state index in [4.69, 9.17) is 4.74 Å². The Kier molecular flexibility index (Phi) is 4.87. The summed E-state index contributed by atoms with van der Waals surface area (Å²) in [6.45, 7) is 1.79. The summed E-state index contributed by atoms with van der Waals surface area (Å²) in [6, 6.07) is 2.72. The van der Waals surface area contributed by atoms with Crippen LogP contribution in [0.25, 0.3) is 0 Å². The molecule has 7 rings (SSSR count). The fourth-order valence-corrected chi connectivity index (χ4v) is 8.30. The number of hydrogen-bond donors (Lipinski definition) is 1. The van der Waals surface area contributed by atoms with Crippen LogP contribution in [0.5, 0.6) is 5.75 Å². The summed E-state index contributed by atoms with van der Waals surface area (Å²) in [4.78, 5) is 12.6. The summed E-state index contributed by atoms with van der Waals surface area (Å²) in [5.41, 5.74) is 0.877. The molecule has 1 aliphatic heterocycles. The van der Waals surface area contributed by atoms with Gasteiger partial charge in [-0.15, -0.1) is 0 Å². The zero-order chi connectivity index (χ0) is 23.1. The Morgan fingerprint density at radius 3 is 2.39 bits per heavy atom. The van der Waals surface area contributed by atoms with Crippen LogP contribution in [0.3, 0.4) is 0 Å². The molecule has 5 saturated carbocycles. The Morgan fingerprint density at radius 1 is 1.15 bits per heavy atom. The van der Waals surface area contributed by atoms with Gasteiger partial charge >= 0.3 is 10.2 Å². The molecule has 33 heavy (non-hydrogen) atoms.